The van der Waals surface area contributed by atoms with Crippen LogP contribution in [0.1, 0.15) is 31.9 Å². The van der Waals surface area contributed by atoms with E-state index in [2.05, 4.69) is 55.9 Å². The second-order valence-corrected chi connectivity index (χ2v) is 7.66. The highest BCUT2D eigenvalue weighted by atomic mass is 35.5. The highest BCUT2D eigenvalue weighted by Gasteiger charge is 2.29. The number of likely N-dealkylation sites (N-methyl/N-ethyl adjacent to an activating group) is 1. The average Bonchev–Trinajstić information content (AvgIpc) is 2.63. The molecular formula is C22H25ClN2O2. The Hall–Kier alpha value is -2.46. The first-order valence-corrected chi connectivity index (χ1v) is 9.18. The summed E-state index contributed by atoms with van der Waals surface area (Å²) in [4.78, 5) is 6.85. The Morgan fingerprint density at radius 2 is 1.78 bits per heavy atom. The molecule has 0 unspecified atom stereocenters. The zero-order valence-electron chi connectivity index (χ0n) is 16.6. The van der Waals surface area contributed by atoms with Gasteiger partial charge in [-0.1, -0.05) is 17.7 Å². The summed E-state index contributed by atoms with van der Waals surface area (Å²) >= 11 is 6.10. The molecule has 0 aromatic heterocycles. The molecule has 142 valence electrons. The van der Waals surface area contributed by atoms with Crippen LogP contribution >= 0.6 is 11.6 Å². The van der Waals surface area contributed by atoms with E-state index < -0.39 is 0 Å². The number of hydrogen-bond donors (Lipinski definition) is 0. The molecule has 0 saturated heterocycles. The maximum atomic E-state index is 6.10. The third-order valence-corrected chi connectivity index (χ3v) is 5.29. The minimum Gasteiger partial charge on any atom is -0.496 e. The van der Waals surface area contributed by atoms with Crippen molar-refractivity contribution in [2.24, 2.45) is 4.99 Å². The van der Waals surface area contributed by atoms with E-state index in [0.717, 1.165) is 17.0 Å². The van der Waals surface area contributed by atoms with Gasteiger partial charge < -0.3 is 14.4 Å². The summed E-state index contributed by atoms with van der Waals surface area (Å²) in [6.07, 6.45) is 4.07. The minimum atomic E-state index is -0.0497. The number of nitrogens with zero attached hydrogens (tertiary/aromatic N) is 2. The van der Waals surface area contributed by atoms with Gasteiger partial charge in [0.2, 0.25) is 0 Å². The summed E-state index contributed by atoms with van der Waals surface area (Å²) in [6.45, 7) is 6.54. The Morgan fingerprint density at radius 3 is 2.44 bits per heavy atom. The van der Waals surface area contributed by atoms with Crippen molar-refractivity contribution in [3.05, 3.63) is 52.6 Å². The van der Waals surface area contributed by atoms with E-state index in [4.69, 9.17) is 21.1 Å². The van der Waals surface area contributed by atoms with Gasteiger partial charge in [-0.2, -0.15) is 0 Å². The highest BCUT2D eigenvalue weighted by molar-refractivity contribution is 6.30. The Bertz CT molecular complexity index is 932. The Kier molecular flexibility index (Phi) is 5.20. The lowest BCUT2D eigenvalue weighted by molar-refractivity contribution is 0.413. The first kappa shape index (κ1) is 19.3. The summed E-state index contributed by atoms with van der Waals surface area (Å²) in [5.74, 6) is 1.45. The van der Waals surface area contributed by atoms with Gasteiger partial charge in [-0.05, 0) is 50.6 Å². The summed E-state index contributed by atoms with van der Waals surface area (Å²) in [5, 5.41) is 0.614. The molecule has 2 aromatic carbocycles. The maximum absolute atomic E-state index is 6.10. The molecule has 4 nitrogen and oxygen atoms in total. The van der Waals surface area contributed by atoms with Crippen LogP contribution in [0.15, 0.2) is 41.4 Å². The fourth-order valence-corrected chi connectivity index (χ4v) is 3.54. The zero-order valence-corrected chi connectivity index (χ0v) is 17.4. The predicted molar refractivity (Wildman–Crippen MR) is 114 cm³/mol. The number of hydrogen-bond acceptors (Lipinski definition) is 4. The van der Waals surface area contributed by atoms with Crippen LogP contribution < -0.4 is 14.4 Å². The van der Waals surface area contributed by atoms with Crippen molar-refractivity contribution in [1.82, 2.24) is 0 Å². The molecule has 1 aliphatic rings. The number of halogens is 1. The number of rotatable bonds is 4. The molecule has 5 heteroatoms. The van der Waals surface area contributed by atoms with Crippen LogP contribution in [0, 0.1) is 0 Å². The van der Waals surface area contributed by atoms with E-state index >= 15 is 0 Å². The molecule has 1 heterocycles. The molecule has 2 aromatic rings. The number of aliphatic imine (C=N–C) groups is 1. The fraction of sp³-hybridized carbons (Fsp3) is 0.318. The lowest BCUT2D eigenvalue weighted by Gasteiger charge is -2.40. The Labute approximate surface area is 166 Å². The molecule has 0 bridgehead atoms. The summed E-state index contributed by atoms with van der Waals surface area (Å²) in [5.41, 5.74) is 5.10. The first-order chi connectivity index (χ1) is 12.8. The number of benzene rings is 2. The molecule has 0 spiro atoms. The molecular weight excluding hydrogens is 360 g/mol. The number of allylic oxidation sites excluding steroid dienone is 1. The molecule has 0 atom stereocenters. The Morgan fingerprint density at radius 1 is 1.07 bits per heavy atom. The first-order valence-electron chi connectivity index (χ1n) is 8.80. The lowest BCUT2D eigenvalue weighted by Crippen LogP contribution is -2.42. The van der Waals surface area contributed by atoms with E-state index in [0.29, 0.717) is 16.5 Å². The molecule has 0 amide bonds. The van der Waals surface area contributed by atoms with Crippen molar-refractivity contribution >= 4 is 34.8 Å². The van der Waals surface area contributed by atoms with Gasteiger partial charge in [0.1, 0.15) is 17.2 Å². The second-order valence-electron chi connectivity index (χ2n) is 7.23. The van der Waals surface area contributed by atoms with E-state index in [9.17, 15) is 0 Å². The van der Waals surface area contributed by atoms with Crippen LogP contribution in [0.2, 0.25) is 5.02 Å². The van der Waals surface area contributed by atoms with E-state index in [1.807, 2.05) is 6.07 Å². The van der Waals surface area contributed by atoms with Crippen molar-refractivity contribution in [2.75, 3.05) is 26.2 Å². The fourth-order valence-electron chi connectivity index (χ4n) is 3.37. The molecule has 0 saturated carbocycles. The second kappa shape index (κ2) is 7.28. The van der Waals surface area contributed by atoms with E-state index in [1.54, 1.807) is 32.6 Å². The van der Waals surface area contributed by atoms with E-state index in [-0.39, 0.29) is 5.54 Å². The van der Waals surface area contributed by atoms with Crippen LogP contribution in [0.3, 0.4) is 0 Å². The molecule has 3 rings (SSSR count). The summed E-state index contributed by atoms with van der Waals surface area (Å²) < 4.78 is 11.0. The molecule has 0 radical (unpaired) electrons. The Balaban J connectivity index is 2.08. The van der Waals surface area contributed by atoms with Crippen LogP contribution in [-0.2, 0) is 0 Å². The number of anilines is 1. The quantitative estimate of drug-likeness (QED) is 0.630. The van der Waals surface area contributed by atoms with Gasteiger partial charge in [-0.3, -0.25) is 4.99 Å². The van der Waals surface area contributed by atoms with Gasteiger partial charge in [0, 0.05) is 41.2 Å². The predicted octanol–water partition coefficient (Wildman–Crippen LogP) is 5.74. The smallest absolute Gasteiger partial charge is 0.144 e. The summed E-state index contributed by atoms with van der Waals surface area (Å²) in [6, 6.07) is 9.56. The monoisotopic (exact) mass is 384 g/mol. The van der Waals surface area contributed by atoms with Gasteiger partial charge in [-0.15, -0.1) is 0 Å². The van der Waals surface area contributed by atoms with Crippen LogP contribution in [0.5, 0.6) is 11.5 Å². The van der Waals surface area contributed by atoms with Crippen molar-refractivity contribution in [3.63, 3.8) is 0 Å². The van der Waals surface area contributed by atoms with Gasteiger partial charge in [-0.25, -0.2) is 0 Å². The van der Waals surface area contributed by atoms with E-state index in [1.165, 1.54) is 11.1 Å². The number of methoxy groups -OCH3 is 2. The molecule has 0 fully saturated rings. The topological polar surface area (TPSA) is 34.1 Å². The number of ether oxygens (including phenoxy) is 2. The zero-order chi connectivity index (χ0) is 19.8. The third-order valence-electron chi connectivity index (χ3n) is 5.05. The summed E-state index contributed by atoms with van der Waals surface area (Å²) in [7, 11) is 5.40. The minimum absolute atomic E-state index is 0.0497. The van der Waals surface area contributed by atoms with Crippen LogP contribution in [0.4, 0.5) is 11.4 Å². The van der Waals surface area contributed by atoms with Crippen LogP contribution in [-0.4, -0.2) is 33.0 Å². The molecule has 0 N–H and O–H groups in total. The largest absolute Gasteiger partial charge is 0.496 e. The van der Waals surface area contributed by atoms with Gasteiger partial charge >= 0.3 is 0 Å². The molecule has 1 aliphatic heterocycles. The van der Waals surface area contributed by atoms with Gasteiger partial charge in [0.15, 0.2) is 0 Å². The number of fused-ring (bicyclic) bond motifs is 1. The van der Waals surface area contributed by atoms with Crippen molar-refractivity contribution in [2.45, 2.75) is 26.3 Å². The SMILES string of the molecule is COc1cc2c(cc1C=Nc1cc(Cl)ccc1OC)C(C)=CC(C)(C)N2C. The van der Waals surface area contributed by atoms with Gasteiger partial charge in [0.05, 0.1) is 19.8 Å². The van der Waals surface area contributed by atoms with Gasteiger partial charge in [0.25, 0.3) is 0 Å². The van der Waals surface area contributed by atoms with Crippen molar-refractivity contribution in [3.8, 4) is 11.5 Å². The third kappa shape index (κ3) is 3.67. The lowest BCUT2D eigenvalue weighted by atomic mass is 9.88. The maximum Gasteiger partial charge on any atom is 0.144 e. The molecule has 27 heavy (non-hydrogen) atoms. The molecule has 0 aliphatic carbocycles. The normalized spacial score (nSPS) is 15.5. The average molecular weight is 385 g/mol. The van der Waals surface area contributed by atoms with Crippen molar-refractivity contribution < 1.29 is 9.47 Å². The van der Waals surface area contributed by atoms with Crippen LogP contribution in [0.25, 0.3) is 5.57 Å². The highest BCUT2D eigenvalue weighted by Crippen LogP contribution is 2.41. The van der Waals surface area contributed by atoms with Crippen molar-refractivity contribution in [1.29, 1.82) is 0 Å². The standard InChI is InChI=1S/C22H25ClN2O2/c1-14-12-22(2,3)25(4)19-11-21(27-6)15(9-17(14)19)13-24-18-10-16(23)7-8-20(18)26-5/h7-13H,1-6H3.